The lowest BCUT2D eigenvalue weighted by Crippen LogP contribution is -2.50. The maximum absolute atomic E-state index is 12.5. The maximum atomic E-state index is 12.5. The molecule has 2 heterocycles. The molecule has 2 amide bonds. The molecule has 0 N–H and O–H groups in total. The van der Waals surface area contributed by atoms with E-state index in [0.717, 1.165) is 17.5 Å². The summed E-state index contributed by atoms with van der Waals surface area (Å²) in [7, 11) is 0. The Bertz CT molecular complexity index is 704. The molecule has 1 aromatic carbocycles. The number of hydrogen-bond acceptors (Lipinski definition) is 3. The molecule has 0 aliphatic carbocycles. The topological polar surface area (TPSA) is 40.6 Å². The molecule has 0 spiro atoms. The van der Waals surface area contributed by atoms with E-state index in [1.54, 1.807) is 11.3 Å². The molecule has 4 nitrogen and oxygen atoms in total. The summed E-state index contributed by atoms with van der Waals surface area (Å²) in [6, 6.07) is 11.7. The van der Waals surface area contributed by atoms with Crippen LogP contribution in [0.5, 0.6) is 0 Å². The number of thiophene rings is 1. The second kappa shape index (κ2) is 7.62. The first-order valence-corrected chi connectivity index (χ1v) is 9.17. The van der Waals surface area contributed by atoms with Gasteiger partial charge in [0.05, 0.1) is 0 Å². The molecular weight excluding hydrogens is 320 g/mol. The van der Waals surface area contributed by atoms with Crippen LogP contribution in [0.15, 0.2) is 41.8 Å². The third kappa shape index (κ3) is 4.03. The van der Waals surface area contributed by atoms with Crippen LogP contribution >= 0.6 is 11.3 Å². The minimum Gasteiger partial charge on any atom is -0.339 e. The van der Waals surface area contributed by atoms with Crippen LogP contribution in [0.1, 0.15) is 27.2 Å². The zero-order chi connectivity index (χ0) is 16.9. The highest BCUT2D eigenvalue weighted by Crippen LogP contribution is 2.14. The number of hydrogen-bond donors (Lipinski definition) is 0. The van der Waals surface area contributed by atoms with E-state index in [0.29, 0.717) is 32.6 Å². The Morgan fingerprint density at radius 1 is 1.04 bits per heavy atom. The Kier molecular flexibility index (Phi) is 5.30. The predicted octanol–water partition coefficient (Wildman–Crippen LogP) is 2.97. The molecule has 126 valence electrons. The fourth-order valence-electron chi connectivity index (χ4n) is 2.96. The Balaban J connectivity index is 1.50. The van der Waals surface area contributed by atoms with E-state index in [-0.39, 0.29) is 11.8 Å². The Morgan fingerprint density at radius 3 is 2.46 bits per heavy atom. The quantitative estimate of drug-likeness (QED) is 0.857. The van der Waals surface area contributed by atoms with Gasteiger partial charge < -0.3 is 9.80 Å². The van der Waals surface area contributed by atoms with Crippen molar-refractivity contribution in [3.05, 3.63) is 57.8 Å². The van der Waals surface area contributed by atoms with Gasteiger partial charge in [0, 0.05) is 43.0 Å². The molecule has 1 aliphatic rings. The monoisotopic (exact) mass is 342 g/mol. The van der Waals surface area contributed by atoms with Crippen LogP contribution in [0.3, 0.4) is 0 Å². The van der Waals surface area contributed by atoms with E-state index in [9.17, 15) is 9.59 Å². The number of piperazine rings is 1. The number of carbonyl (C=O) groups is 2. The molecule has 1 aromatic heterocycles. The van der Waals surface area contributed by atoms with Gasteiger partial charge in [0.15, 0.2) is 0 Å². The number of amides is 2. The average molecular weight is 342 g/mol. The van der Waals surface area contributed by atoms with Gasteiger partial charge in [-0.05, 0) is 36.9 Å². The predicted molar refractivity (Wildman–Crippen MR) is 96.3 cm³/mol. The van der Waals surface area contributed by atoms with Crippen molar-refractivity contribution in [2.75, 3.05) is 26.2 Å². The molecule has 1 fully saturated rings. The van der Waals surface area contributed by atoms with Crippen molar-refractivity contribution in [3.8, 4) is 0 Å². The first kappa shape index (κ1) is 16.7. The summed E-state index contributed by atoms with van der Waals surface area (Å²) in [5, 5.41) is 2.04. The fourth-order valence-corrected chi connectivity index (χ4v) is 3.67. The van der Waals surface area contributed by atoms with Crippen molar-refractivity contribution in [1.82, 2.24) is 9.80 Å². The molecule has 0 radical (unpaired) electrons. The number of aryl methyl sites for hydroxylation is 2. The highest BCUT2D eigenvalue weighted by Gasteiger charge is 2.24. The van der Waals surface area contributed by atoms with Crippen molar-refractivity contribution in [3.63, 3.8) is 0 Å². The molecular formula is C19H22N2O2S. The summed E-state index contributed by atoms with van der Waals surface area (Å²) in [6.07, 6.45) is 1.35. The summed E-state index contributed by atoms with van der Waals surface area (Å²) in [4.78, 5) is 29.8. The minimum absolute atomic E-state index is 0.0596. The minimum atomic E-state index is 0.0596. The number of rotatable bonds is 4. The molecule has 3 rings (SSSR count). The van der Waals surface area contributed by atoms with Crippen LogP contribution in [0, 0.1) is 6.92 Å². The first-order chi connectivity index (χ1) is 11.6. The van der Waals surface area contributed by atoms with Crippen LogP contribution in [0.4, 0.5) is 0 Å². The molecule has 0 atom stereocenters. The summed E-state index contributed by atoms with van der Waals surface area (Å²) in [6.45, 7) is 4.46. The average Bonchev–Trinajstić information content (AvgIpc) is 3.13. The molecule has 1 saturated heterocycles. The van der Waals surface area contributed by atoms with Crippen molar-refractivity contribution >= 4 is 23.2 Å². The largest absolute Gasteiger partial charge is 0.339 e. The molecule has 0 unspecified atom stereocenters. The summed E-state index contributed by atoms with van der Waals surface area (Å²) < 4.78 is 0. The zero-order valence-electron chi connectivity index (χ0n) is 13.9. The second-order valence-electron chi connectivity index (χ2n) is 6.12. The summed E-state index contributed by atoms with van der Waals surface area (Å²) >= 11 is 1.69. The molecule has 1 aliphatic heterocycles. The van der Waals surface area contributed by atoms with Gasteiger partial charge in [0.25, 0.3) is 5.91 Å². The van der Waals surface area contributed by atoms with E-state index < -0.39 is 0 Å². The van der Waals surface area contributed by atoms with E-state index >= 15 is 0 Å². The van der Waals surface area contributed by atoms with Gasteiger partial charge in [0.2, 0.25) is 5.91 Å². The van der Waals surface area contributed by atoms with Gasteiger partial charge >= 0.3 is 0 Å². The standard InChI is InChI=1S/C19H22N2O2S/c1-15-4-2-5-16(14-15)19(23)21-11-9-20(10-12-21)18(22)8-7-17-6-3-13-24-17/h2-6,13-14H,7-12H2,1H3. The number of nitrogens with zero attached hydrogens (tertiary/aromatic N) is 2. The first-order valence-electron chi connectivity index (χ1n) is 8.29. The number of carbonyl (C=O) groups excluding carboxylic acids is 2. The van der Waals surface area contributed by atoms with Gasteiger partial charge in [0.1, 0.15) is 0 Å². The lowest BCUT2D eigenvalue weighted by Gasteiger charge is -2.35. The Morgan fingerprint density at radius 2 is 1.79 bits per heavy atom. The Labute approximate surface area is 146 Å². The molecule has 0 saturated carbocycles. The normalized spacial score (nSPS) is 14.7. The van der Waals surface area contributed by atoms with Crippen LogP contribution in [-0.2, 0) is 11.2 Å². The van der Waals surface area contributed by atoms with Crippen molar-refractivity contribution in [2.45, 2.75) is 19.8 Å². The fraction of sp³-hybridized carbons (Fsp3) is 0.368. The van der Waals surface area contributed by atoms with E-state index in [4.69, 9.17) is 0 Å². The van der Waals surface area contributed by atoms with Gasteiger partial charge in [-0.25, -0.2) is 0 Å². The SMILES string of the molecule is Cc1cccc(C(=O)N2CCN(C(=O)CCc3cccs3)CC2)c1. The van der Waals surface area contributed by atoms with Crippen LogP contribution in [-0.4, -0.2) is 47.8 Å². The van der Waals surface area contributed by atoms with Gasteiger partial charge in [-0.15, -0.1) is 11.3 Å². The molecule has 24 heavy (non-hydrogen) atoms. The lowest BCUT2D eigenvalue weighted by atomic mass is 10.1. The third-order valence-corrected chi connectivity index (χ3v) is 5.29. The van der Waals surface area contributed by atoms with E-state index in [1.165, 1.54) is 4.88 Å². The molecule has 2 aromatic rings. The lowest BCUT2D eigenvalue weighted by molar-refractivity contribution is -0.132. The maximum Gasteiger partial charge on any atom is 0.253 e. The zero-order valence-corrected chi connectivity index (χ0v) is 14.7. The van der Waals surface area contributed by atoms with Gasteiger partial charge in [-0.3, -0.25) is 9.59 Å². The van der Waals surface area contributed by atoms with Gasteiger partial charge in [-0.1, -0.05) is 23.8 Å². The smallest absolute Gasteiger partial charge is 0.253 e. The second-order valence-corrected chi connectivity index (χ2v) is 7.15. The summed E-state index contributed by atoms with van der Waals surface area (Å²) in [5.74, 6) is 0.246. The van der Waals surface area contributed by atoms with E-state index in [1.807, 2.05) is 52.4 Å². The highest BCUT2D eigenvalue weighted by molar-refractivity contribution is 7.09. The number of benzene rings is 1. The Hall–Kier alpha value is -2.14. The van der Waals surface area contributed by atoms with Crippen molar-refractivity contribution < 1.29 is 9.59 Å². The molecule has 5 heteroatoms. The van der Waals surface area contributed by atoms with Crippen molar-refractivity contribution in [2.24, 2.45) is 0 Å². The van der Waals surface area contributed by atoms with Crippen LogP contribution < -0.4 is 0 Å². The summed E-state index contributed by atoms with van der Waals surface area (Å²) in [5.41, 5.74) is 1.82. The van der Waals surface area contributed by atoms with E-state index in [2.05, 4.69) is 6.07 Å². The van der Waals surface area contributed by atoms with Crippen LogP contribution in [0.2, 0.25) is 0 Å². The van der Waals surface area contributed by atoms with Gasteiger partial charge in [-0.2, -0.15) is 0 Å². The third-order valence-electron chi connectivity index (χ3n) is 4.35. The molecule has 0 bridgehead atoms. The van der Waals surface area contributed by atoms with Crippen LogP contribution in [0.25, 0.3) is 0 Å². The highest BCUT2D eigenvalue weighted by atomic mass is 32.1. The van der Waals surface area contributed by atoms with Crippen molar-refractivity contribution in [1.29, 1.82) is 0 Å².